The van der Waals surface area contributed by atoms with Crippen LogP contribution in [0.3, 0.4) is 0 Å². The normalized spacial score (nSPS) is 20.1. The molecule has 3 aliphatic rings. The van der Waals surface area contributed by atoms with Gasteiger partial charge in [-0.15, -0.1) is 0 Å². The summed E-state index contributed by atoms with van der Waals surface area (Å²) in [5.74, 6) is -1.35. The molecule has 16 heteroatoms. The zero-order chi connectivity index (χ0) is 35.0. The molecule has 3 fully saturated rings. The molecule has 3 aromatic rings. The molecule has 260 valence electrons. The number of nitrogens with zero attached hydrogens (tertiary/aromatic N) is 3. The van der Waals surface area contributed by atoms with E-state index < -0.39 is 48.7 Å². The maximum atomic E-state index is 15.2. The Morgan fingerprint density at radius 3 is 2.41 bits per heavy atom. The number of rotatable bonds is 9. The summed E-state index contributed by atoms with van der Waals surface area (Å²) in [6, 6.07) is 11.0. The summed E-state index contributed by atoms with van der Waals surface area (Å²) < 4.78 is 69.5. The van der Waals surface area contributed by atoms with E-state index in [1.165, 1.54) is 57.2 Å². The second-order valence-electron chi connectivity index (χ2n) is 11.8. The smallest absolute Gasteiger partial charge is 0.422 e. The molecule has 6 rings (SSSR count). The number of anilines is 1. The van der Waals surface area contributed by atoms with E-state index in [9.17, 15) is 27.6 Å². The highest BCUT2D eigenvalue weighted by molar-refractivity contribution is 9.10. The van der Waals surface area contributed by atoms with Crippen LogP contribution in [0.15, 0.2) is 65.1 Å². The number of nitrogens with one attached hydrogen (secondary N) is 1. The fourth-order valence-electron chi connectivity index (χ4n) is 5.96. The van der Waals surface area contributed by atoms with E-state index in [2.05, 4.69) is 21.2 Å². The summed E-state index contributed by atoms with van der Waals surface area (Å²) in [5.41, 5.74) is 0.716. The minimum atomic E-state index is -4.55. The average molecular weight is 770 g/mol. The lowest BCUT2D eigenvalue weighted by Crippen LogP contribution is -2.58. The molecule has 3 saturated heterocycles. The number of carbonyl (C=O) groups is 3. The molecule has 0 aromatic heterocycles. The second kappa shape index (κ2) is 14.0. The zero-order valence-electron chi connectivity index (χ0n) is 25.9. The van der Waals surface area contributed by atoms with Crippen LogP contribution in [-0.2, 0) is 9.53 Å². The quantitative estimate of drug-likeness (QED) is 0.270. The van der Waals surface area contributed by atoms with Gasteiger partial charge in [-0.2, -0.15) is 13.2 Å². The van der Waals surface area contributed by atoms with Crippen LogP contribution in [0.1, 0.15) is 28.9 Å². The van der Waals surface area contributed by atoms with E-state index >= 15 is 4.39 Å². The molecule has 3 unspecified atom stereocenters. The van der Waals surface area contributed by atoms with Gasteiger partial charge in [0.2, 0.25) is 5.91 Å². The molecule has 49 heavy (non-hydrogen) atoms. The summed E-state index contributed by atoms with van der Waals surface area (Å²) >= 11 is 9.53. The van der Waals surface area contributed by atoms with Crippen LogP contribution < -0.4 is 19.7 Å². The van der Waals surface area contributed by atoms with E-state index in [0.29, 0.717) is 34.0 Å². The van der Waals surface area contributed by atoms with Crippen molar-refractivity contribution in [3.63, 3.8) is 0 Å². The molecule has 4 amide bonds. The van der Waals surface area contributed by atoms with E-state index in [1.807, 2.05) is 0 Å². The lowest BCUT2D eigenvalue weighted by Gasteiger charge is -2.38. The number of hydrogen-bond donors (Lipinski definition) is 1. The largest absolute Gasteiger partial charge is 0.485 e. The highest BCUT2D eigenvalue weighted by atomic mass is 79.9. The number of urea groups is 1. The van der Waals surface area contributed by atoms with Gasteiger partial charge >= 0.3 is 12.2 Å². The maximum absolute atomic E-state index is 15.2. The average Bonchev–Trinajstić information content (AvgIpc) is 3.34. The first kappa shape index (κ1) is 34.8. The SMILES string of the molecule is CC(NC(=O)C1C2CN(C(=O)c3ccc(Br)c(Cl)c3)CCN2C(=O)N1c1ccc(OCC(F)(F)F)cc1)c1ccc(OC2COC2)cc1F. The van der Waals surface area contributed by atoms with Crippen molar-refractivity contribution in [2.45, 2.75) is 37.3 Å². The number of carbonyl (C=O) groups excluding carboxylic acids is 3. The Bertz CT molecular complexity index is 1750. The van der Waals surface area contributed by atoms with Crippen LogP contribution in [-0.4, -0.2) is 91.5 Å². The van der Waals surface area contributed by atoms with Gasteiger partial charge in [0.15, 0.2) is 6.61 Å². The van der Waals surface area contributed by atoms with Crippen LogP contribution in [0.2, 0.25) is 5.02 Å². The van der Waals surface area contributed by atoms with Gasteiger partial charge in [0, 0.05) is 47.0 Å². The van der Waals surface area contributed by atoms with Gasteiger partial charge in [-0.05, 0) is 71.4 Å². The minimum absolute atomic E-state index is 0.0146. The molecule has 10 nitrogen and oxygen atoms in total. The van der Waals surface area contributed by atoms with Crippen molar-refractivity contribution in [1.82, 2.24) is 15.1 Å². The minimum Gasteiger partial charge on any atom is -0.485 e. The van der Waals surface area contributed by atoms with Crippen molar-refractivity contribution in [1.29, 1.82) is 0 Å². The first-order valence-corrected chi connectivity index (χ1v) is 16.4. The highest BCUT2D eigenvalue weighted by Crippen LogP contribution is 2.35. The van der Waals surface area contributed by atoms with Gasteiger partial charge in [-0.25, -0.2) is 9.18 Å². The molecule has 0 saturated carbocycles. The van der Waals surface area contributed by atoms with Crippen LogP contribution in [0, 0.1) is 5.82 Å². The Kier molecular flexibility index (Phi) is 9.96. The second-order valence-corrected chi connectivity index (χ2v) is 13.1. The van der Waals surface area contributed by atoms with Gasteiger partial charge in [0.25, 0.3) is 5.91 Å². The van der Waals surface area contributed by atoms with Crippen LogP contribution >= 0.6 is 27.5 Å². The number of benzene rings is 3. The van der Waals surface area contributed by atoms with Crippen LogP contribution in [0.25, 0.3) is 0 Å². The number of hydrogen-bond acceptors (Lipinski definition) is 6. The third-order valence-electron chi connectivity index (χ3n) is 8.46. The summed E-state index contributed by atoms with van der Waals surface area (Å²) in [6.45, 7) is 1.17. The van der Waals surface area contributed by atoms with Gasteiger partial charge in [0.05, 0.1) is 30.3 Å². The van der Waals surface area contributed by atoms with E-state index in [1.54, 1.807) is 25.1 Å². The van der Waals surface area contributed by atoms with Crippen LogP contribution in [0.4, 0.5) is 28.0 Å². The van der Waals surface area contributed by atoms with E-state index in [0.717, 1.165) is 0 Å². The molecule has 3 aliphatic heterocycles. The standard InChI is InChI=1S/C33H30BrClF4N4O6/c1-18(24-8-7-22(13-27(24)36)49-23-15-47-16-23)40-30(44)29-28-14-41(31(45)19-2-9-25(34)26(35)12-19)10-11-42(28)32(46)43(29)20-3-5-21(6-4-20)48-17-33(37,38)39/h2-9,12-13,18,23,28-29H,10-11,14-17H2,1H3,(H,40,44). The van der Waals surface area contributed by atoms with Gasteiger partial charge in [-0.3, -0.25) is 14.5 Å². The number of halogens is 6. The monoisotopic (exact) mass is 768 g/mol. The Labute approximate surface area is 291 Å². The predicted molar refractivity (Wildman–Crippen MR) is 173 cm³/mol. The maximum Gasteiger partial charge on any atom is 0.422 e. The molecule has 0 aliphatic carbocycles. The van der Waals surface area contributed by atoms with E-state index in [-0.39, 0.29) is 48.6 Å². The summed E-state index contributed by atoms with van der Waals surface area (Å²) in [7, 11) is 0. The Hall–Kier alpha value is -4.08. The molecule has 0 spiro atoms. The molecular weight excluding hydrogens is 740 g/mol. The van der Waals surface area contributed by atoms with Gasteiger partial charge in [0.1, 0.15) is 29.5 Å². The van der Waals surface area contributed by atoms with Gasteiger partial charge in [-0.1, -0.05) is 17.7 Å². The third kappa shape index (κ3) is 7.58. The topological polar surface area (TPSA) is 101 Å². The third-order valence-corrected chi connectivity index (χ3v) is 9.69. The molecule has 1 N–H and O–H groups in total. The number of fused-ring (bicyclic) bond motifs is 1. The molecule has 3 aromatic carbocycles. The van der Waals surface area contributed by atoms with Crippen molar-refractivity contribution < 1.29 is 46.2 Å². The van der Waals surface area contributed by atoms with Crippen LogP contribution in [0.5, 0.6) is 11.5 Å². The highest BCUT2D eigenvalue weighted by Gasteiger charge is 2.53. The molecule has 0 radical (unpaired) electrons. The summed E-state index contributed by atoms with van der Waals surface area (Å²) in [4.78, 5) is 45.8. The zero-order valence-corrected chi connectivity index (χ0v) is 28.2. The first-order valence-electron chi connectivity index (χ1n) is 15.3. The summed E-state index contributed by atoms with van der Waals surface area (Å²) in [5, 5.41) is 3.15. The summed E-state index contributed by atoms with van der Waals surface area (Å²) in [6.07, 6.45) is -4.71. The molecule has 3 heterocycles. The first-order chi connectivity index (χ1) is 23.3. The fraction of sp³-hybridized carbons (Fsp3) is 0.364. The predicted octanol–water partition coefficient (Wildman–Crippen LogP) is 5.97. The number of ether oxygens (including phenoxy) is 3. The number of piperazine rings is 1. The molecule has 3 atom stereocenters. The lowest BCUT2D eigenvalue weighted by molar-refractivity contribution is -0.153. The Morgan fingerprint density at radius 1 is 1.06 bits per heavy atom. The number of amides is 4. The van der Waals surface area contributed by atoms with E-state index in [4.69, 9.17) is 25.8 Å². The van der Waals surface area contributed by atoms with Crippen molar-refractivity contribution in [2.24, 2.45) is 0 Å². The van der Waals surface area contributed by atoms with Crippen molar-refractivity contribution in [2.75, 3.05) is 44.4 Å². The molecular formula is C33H30BrClF4N4O6. The Morgan fingerprint density at radius 2 is 1.78 bits per heavy atom. The Balaban J connectivity index is 1.26. The van der Waals surface area contributed by atoms with Crippen molar-refractivity contribution >= 4 is 51.1 Å². The van der Waals surface area contributed by atoms with Crippen molar-refractivity contribution in [3.8, 4) is 11.5 Å². The molecule has 0 bridgehead atoms. The van der Waals surface area contributed by atoms with Gasteiger partial charge < -0.3 is 29.3 Å². The number of alkyl halides is 3. The van der Waals surface area contributed by atoms with Crippen molar-refractivity contribution in [3.05, 3.63) is 87.1 Å². The fourth-order valence-corrected chi connectivity index (χ4v) is 6.39. The lowest BCUT2D eigenvalue weighted by atomic mass is 10.0.